The van der Waals surface area contributed by atoms with Crippen molar-refractivity contribution in [3.8, 4) is 28.6 Å². The number of para-hydroxylation sites is 1. The maximum atomic E-state index is 12.3. The van der Waals surface area contributed by atoms with Crippen molar-refractivity contribution in [1.82, 2.24) is 0 Å². The highest BCUT2D eigenvalue weighted by Gasteiger charge is 2.22. The second kappa shape index (κ2) is 9.22. The Kier molecular flexibility index (Phi) is 6.03. The molecule has 1 heterocycles. The third kappa shape index (κ3) is 4.61. The molecule has 31 heavy (non-hydrogen) atoms. The fraction of sp³-hybridized carbons (Fsp3) is 0.115. The molecule has 3 aromatic carbocycles. The molecule has 0 fully saturated rings. The van der Waals surface area contributed by atoms with Crippen molar-refractivity contribution in [2.24, 2.45) is 0 Å². The van der Waals surface area contributed by atoms with E-state index in [9.17, 15) is 9.90 Å². The molecule has 0 aliphatic heterocycles. The fourth-order valence-corrected chi connectivity index (χ4v) is 3.15. The van der Waals surface area contributed by atoms with E-state index in [0.29, 0.717) is 17.9 Å². The van der Waals surface area contributed by atoms with Gasteiger partial charge in [0.1, 0.15) is 19.0 Å². The molecule has 1 N–H and O–H groups in total. The number of rotatable bonds is 7. The van der Waals surface area contributed by atoms with Crippen LogP contribution in [0.5, 0.6) is 17.2 Å². The first-order chi connectivity index (χ1) is 15.1. The van der Waals surface area contributed by atoms with E-state index in [4.69, 9.17) is 13.9 Å². The fourth-order valence-electron chi connectivity index (χ4n) is 3.15. The van der Waals surface area contributed by atoms with E-state index < -0.39 is 5.63 Å². The average Bonchev–Trinajstić information content (AvgIpc) is 2.82. The second-order valence-corrected chi connectivity index (χ2v) is 7.07. The van der Waals surface area contributed by atoms with Gasteiger partial charge in [-0.05, 0) is 30.2 Å². The monoisotopic (exact) mass is 414 g/mol. The summed E-state index contributed by atoms with van der Waals surface area (Å²) in [4.78, 5) is 12.3. The molecular formula is C26H22O5. The lowest BCUT2D eigenvalue weighted by Crippen LogP contribution is -2.08. The van der Waals surface area contributed by atoms with Gasteiger partial charge in [0.15, 0.2) is 11.5 Å². The summed E-state index contributed by atoms with van der Waals surface area (Å²) in [5.41, 5.74) is 1.91. The van der Waals surface area contributed by atoms with Gasteiger partial charge in [0, 0.05) is 0 Å². The first kappa shape index (κ1) is 20.3. The lowest BCUT2D eigenvalue weighted by molar-refractivity contribution is 0.275. The number of ether oxygens (including phenoxy) is 2. The van der Waals surface area contributed by atoms with E-state index in [0.717, 1.165) is 11.1 Å². The van der Waals surface area contributed by atoms with Gasteiger partial charge in [0.05, 0.1) is 11.1 Å². The Labute approximate surface area is 180 Å². The van der Waals surface area contributed by atoms with E-state index >= 15 is 0 Å². The van der Waals surface area contributed by atoms with Gasteiger partial charge in [-0.3, -0.25) is 0 Å². The van der Waals surface area contributed by atoms with Crippen LogP contribution in [0.2, 0.25) is 0 Å². The van der Waals surface area contributed by atoms with Crippen LogP contribution in [0, 0.1) is 6.92 Å². The summed E-state index contributed by atoms with van der Waals surface area (Å²) in [6.45, 7) is 2.06. The maximum Gasteiger partial charge on any atom is 0.343 e. The molecule has 4 aromatic rings. The summed E-state index contributed by atoms with van der Waals surface area (Å²) < 4.78 is 17.5. The molecule has 5 nitrogen and oxygen atoms in total. The number of benzene rings is 3. The SMILES string of the molecule is Cc1c(O)c(OCc2ccccc2)c(-c2ccccc2OCc2ccccc2)oc1=O. The lowest BCUT2D eigenvalue weighted by Gasteiger charge is -2.16. The van der Waals surface area contributed by atoms with Crippen LogP contribution in [-0.2, 0) is 13.2 Å². The van der Waals surface area contributed by atoms with Crippen LogP contribution in [0.1, 0.15) is 16.7 Å². The topological polar surface area (TPSA) is 68.9 Å². The predicted molar refractivity (Wildman–Crippen MR) is 118 cm³/mol. The van der Waals surface area contributed by atoms with E-state index in [1.165, 1.54) is 6.92 Å². The van der Waals surface area contributed by atoms with Crippen molar-refractivity contribution < 1.29 is 19.0 Å². The van der Waals surface area contributed by atoms with Crippen LogP contribution in [0.3, 0.4) is 0 Å². The van der Waals surface area contributed by atoms with Gasteiger partial charge in [-0.2, -0.15) is 0 Å². The van der Waals surface area contributed by atoms with Crippen LogP contribution >= 0.6 is 0 Å². The maximum absolute atomic E-state index is 12.3. The highest BCUT2D eigenvalue weighted by atomic mass is 16.5. The predicted octanol–water partition coefficient (Wildman–Crippen LogP) is 5.48. The summed E-state index contributed by atoms with van der Waals surface area (Å²) in [6.07, 6.45) is 0. The summed E-state index contributed by atoms with van der Waals surface area (Å²) in [7, 11) is 0. The van der Waals surface area contributed by atoms with Gasteiger partial charge in [-0.15, -0.1) is 0 Å². The normalized spacial score (nSPS) is 10.6. The van der Waals surface area contributed by atoms with Gasteiger partial charge in [0.25, 0.3) is 0 Å². The van der Waals surface area contributed by atoms with Crippen LogP contribution in [0.4, 0.5) is 0 Å². The number of hydrogen-bond donors (Lipinski definition) is 1. The van der Waals surface area contributed by atoms with Crippen molar-refractivity contribution in [2.45, 2.75) is 20.1 Å². The molecule has 0 spiro atoms. The molecule has 5 heteroatoms. The summed E-state index contributed by atoms with van der Waals surface area (Å²) in [5.74, 6) is 0.520. The standard InChI is InChI=1S/C26H22O5/c1-18-23(27)25(30-17-20-12-6-3-7-13-20)24(31-26(18)28)21-14-8-9-15-22(21)29-16-19-10-4-2-5-11-19/h2-15,27H,16-17H2,1H3. The zero-order chi connectivity index (χ0) is 21.6. The summed E-state index contributed by atoms with van der Waals surface area (Å²) >= 11 is 0. The van der Waals surface area contributed by atoms with Crippen molar-refractivity contribution in [2.75, 3.05) is 0 Å². The molecule has 156 valence electrons. The summed E-state index contributed by atoms with van der Waals surface area (Å²) in [5, 5.41) is 10.7. The van der Waals surface area contributed by atoms with Crippen LogP contribution in [0.15, 0.2) is 94.1 Å². The highest BCUT2D eigenvalue weighted by Crippen LogP contribution is 2.42. The van der Waals surface area contributed by atoms with Crippen LogP contribution in [0.25, 0.3) is 11.3 Å². The zero-order valence-electron chi connectivity index (χ0n) is 17.1. The number of aromatic hydroxyl groups is 1. The minimum Gasteiger partial charge on any atom is -0.504 e. The average molecular weight is 414 g/mol. The second-order valence-electron chi connectivity index (χ2n) is 7.07. The van der Waals surface area contributed by atoms with E-state index in [1.54, 1.807) is 12.1 Å². The molecule has 0 atom stereocenters. The smallest absolute Gasteiger partial charge is 0.343 e. The minimum atomic E-state index is -0.627. The number of hydrogen-bond acceptors (Lipinski definition) is 5. The minimum absolute atomic E-state index is 0.0921. The Morgan fingerprint density at radius 1 is 0.774 bits per heavy atom. The lowest BCUT2D eigenvalue weighted by atomic mass is 10.1. The third-order valence-corrected chi connectivity index (χ3v) is 4.87. The van der Waals surface area contributed by atoms with Crippen molar-refractivity contribution in [3.05, 3.63) is 112 Å². The van der Waals surface area contributed by atoms with Gasteiger partial charge in [0.2, 0.25) is 5.75 Å². The molecule has 0 saturated heterocycles. The van der Waals surface area contributed by atoms with Crippen molar-refractivity contribution in [3.63, 3.8) is 0 Å². The largest absolute Gasteiger partial charge is 0.504 e. The Bertz CT molecular complexity index is 1210. The van der Waals surface area contributed by atoms with E-state index in [-0.39, 0.29) is 29.4 Å². The molecular weight excluding hydrogens is 392 g/mol. The Morgan fingerprint density at radius 3 is 1.97 bits per heavy atom. The molecule has 0 aliphatic rings. The Morgan fingerprint density at radius 2 is 1.32 bits per heavy atom. The first-order valence-electron chi connectivity index (χ1n) is 9.93. The van der Waals surface area contributed by atoms with Crippen molar-refractivity contribution in [1.29, 1.82) is 0 Å². The molecule has 0 unspecified atom stereocenters. The molecule has 0 aliphatic carbocycles. The Balaban J connectivity index is 1.71. The molecule has 0 bridgehead atoms. The molecule has 1 aromatic heterocycles. The molecule has 4 rings (SSSR count). The highest BCUT2D eigenvalue weighted by molar-refractivity contribution is 5.73. The zero-order valence-corrected chi connectivity index (χ0v) is 17.1. The molecule has 0 saturated carbocycles. The van der Waals surface area contributed by atoms with Gasteiger partial charge >= 0.3 is 5.63 Å². The Hall–Kier alpha value is -3.99. The van der Waals surface area contributed by atoms with Gasteiger partial charge in [-0.1, -0.05) is 72.8 Å². The molecule has 0 radical (unpaired) electrons. The molecule has 0 amide bonds. The van der Waals surface area contributed by atoms with Crippen LogP contribution in [-0.4, -0.2) is 5.11 Å². The third-order valence-electron chi connectivity index (χ3n) is 4.87. The van der Waals surface area contributed by atoms with E-state index in [2.05, 4.69) is 0 Å². The quantitative estimate of drug-likeness (QED) is 0.434. The van der Waals surface area contributed by atoms with Gasteiger partial charge in [-0.25, -0.2) is 4.79 Å². The first-order valence-corrected chi connectivity index (χ1v) is 9.93. The van der Waals surface area contributed by atoms with Crippen molar-refractivity contribution >= 4 is 0 Å². The summed E-state index contributed by atoms with van der Waals surface area (Å²) in [6, 6.07) is 26.5. The van der Waals surface area contributed by atoms with Crippen LogP contribution < -0.4 is 15.1 Å². The van der Waals surface area contributed by atoms with Gasteiger partial charge < -0.3 is 19.0 Å². The van der Waals surface area contributed by atoms with E-state index in [1.807, 2.05) is 72.8 Å².